The smallest absolute Gasteiger partial charge is 0.221 e. The largest absolute Gasteiger partial charge is 0.325 e. The zero-order chi connectivity index (χ0) is 10.8. The molecule has 0 spiro atoms. The van der Waals surface area contributed by atoms with Gasteiger partial charge in [-0.1, -0.05) is 0 Å². The molecule has 0 saturated carbocycles. The van der Waals surface area contributed by atoms with E-state index in [1.807, 2.05) is 11.4 Å². The van der Waals surface area contributed by atoms with Crippen LogP contribution in [0.15, 0.2) is 17.6 Å². The van der Waals surface area contributed by atoms with Crippen molar-refractivity contribution in [1.82, 2.24) is 4.98 Å². The second-order valence-corrected chi connectivity index (χ2v) is 4.25. The average Bonchev–Trinajstić information content (AvgIpc) is 2.61. The molecule has 0 fully saturated rings. The van der Waals surface area contributed by atoms with Crippen molar-refractivity contribution in [1.29, 1.82) is 0 Å². The summed E-state index contributed by atoms with van der Waals surface area (Å²) in [5.74, 6) is 0.316. The van der Waals surface area contributed by atoms with Gasteiger partial charge in [0.1, 0.15) is 0 Å². The van der Waals surface area contributed by atoms with Crippen molar-refractivity contribution < 1.29 is 4.79 Å². The molecule has 2 aromatic rings. The molecule has 15 heavy (non-hydrogen) atoms. The van der Waals surface area contributed by atoms with Crippen molar-refractivity contribution in [3.63, 3.8) is 0 Å². The Labute approximate surface area is 96.1 Å². The van der Waals surface area contributed by atoms with E-state index >= 15 is 0 Å². The van der Waals surface area contributed by atoms with E-state index in [4.69, 9.17) is 11.6 Å². The Balaban J connectivity index is 2.55. The molecule has 78 valence electrons. The fourth-order valence-electron chi connectivity index (χ4n) is 1.40. The summed E-state index contributed by atoms with van der Waals surface area (Å²) < 4.78 is 1.04. The first kappa shape index (κ1) is 10.4. The molecule has 0 saturated heterocycles. The van der Waals surface area contributed by atoms with E-state index in [1.54, 1.807) is 17.5 Å². The van der Waals surface area contributed by atoms with Crippen LogP contribution in [0.4, 0.5) is 5.69 Å². The molecule has 2 heterocycles. The first-order valence-corrected chi connectivity index (χ1v) is 5.82. The van der Waals surface area contributed by atoms with E-state index < -0.39 is 0 Å². The van der Waals surface area contributed by atoms with Gasteiger partial charge < -0.3 is 5.32 Å². The van der Waals surface area contributed by atoms with Gasteiger partial charge in [-0.25, -0.2) is 0 Å². The Morgan fingerprint density at radius 2 is 2.47 bits per heavy atom. The molecule has 0 unspecified atom stereocenters. The number of hydrogen-bond donors (Lipinski definition) is 1. The van der Waals surface area contributed by atoms with Crippen LogP contribution < -0.4 is 5.32 Å². The topological polar surface area (TPSA) is 42.0 Å². The maximum atomic E-state index is 11.0. The number of thiophene rings is 1. The number of pyridine rings is 1. The summed E-state index contributed by atoms with van der Waals surface area (Å²) in [5, 5.41) is 5.69. The van der Waals surface area contributed by atoms with Crippen molar-refractivity contribution >= 4 is 44.6 Å². The molecule has 0 atom stereocenters. The van der Waals surface area contributed by atoms with Crippen LogP contribution >= 0.6 is 22.9 Å². The molecular weight excluding hydrogens is 232 g/mol. The predicted octanol–water partition coefficient (Wildman–Crippen LogP) is 2.99. The summed E-state index contributed by atoms with van der Waals surface area (Å²) in [6.45, 7) is 1.49. The van der Waals surface area contributed by atoms with Gasteiger partial charge >= 0.3 is 0 Å². The summed E-state index contributed by atoms with van der Waals surface area (Å²) in [4.78, 5) is 15.1. The second-order valence-electron chi connectivity index (χ2n) is 3.10. The Morgan fingerprint density at radius 3 is 3.13 bits per heavy atom. The number of aromatic nitrogens is 1. The van der Waals surface area contributed by atoms with Crippen LogP contribution in [0.1, 0.15) is 12.6 Å². The maximum absolute atomic E-state index is 11.0. The second kappa shape index (κ2) is 4.16. The lowest BCUT2D eigenvalue weighted by Gasteiger charge is -2.00. The number of nitrogens with zero attached hydrogens (tertiary/aromatic N) is 1. The van der Waals surface area contributed by atoms with E-state index in [-0.39, 0.29) is 5.91 Å². The fraction of sp³-hybridized carbons (Fsp3) is 0.200. The Hall–Kier alpha value is -1.13. The van der Waals surface area contributed by atoms with Crippen LogP contribution in [0.25, 0.3) is 10.1 Å². The molecule has 0 aliphatic rings. The number of anilines is 1. The van der Waals surface area contributed by atoms with Crippen molar-refractivity contribution in [2.24, 2.45) is 0 Å². The van der Waals surface area contributed by atoms with Crippen LogP contribution in [0.2, 0.25) is 0 Å². The van der Waals surface area contributed by atoms with E-state index in [1.165, 1.54) is 6.92 Å². The third-order valence-corrected chi connectivity index (χ3v) is 3.30. The number of nitrogens with one attached hydrogen (secondary N) is 1. The van der Waals surface area contributed by atoms with Gasteiger partial charge in [0, 0.05) is 23.9 Å². The van der Waals surface area contributed by atoms with Gasteiger partial charge in [-0.05, 0) is 6.07 Å². The minimum atomic E-state index is -0.0704. The number of fused-ring (bicyclic) bond motifs is 1. The summed E-state index contributed by atoms with van der Waals surface area (Å²) >= 11 is 7.32. The van der Waals surface area contributed by atoms with Gasteiger partial charge in [0.15, 0.2) is 0 Å². The van der Waals surface area contributed by atoms with Gasteiger partial charge in [-0.15, -0.1) is 22.9 Å². The highest BCUT2D eigenvalue weighted by molar-refractivity contribution is 7.18. The highest BCUT2D eigenvalue weighted by atomic mass is 35.5. The number of halogens is 1. The number of amides is 1. The summed E-state index contributed by atoms with van der Waals surface area (Å²) in [6.07, 6.45) is 1.71. The number of rotatable bonds is 2. The Morgan fingerprint density at radius 1 is 1.67 bits per heavy atom. The first-order chi connectivity index (χ1) is 7.22. The third kappa shape index (κ3) is 1.96. The van der Waals surface area contributed by atoms with E-state index in [9.17, 15) is 4.79 Å². The lowest BCUT2D eigenvalue weighted by atomic mass is 10.2. The fourth-order valence-corrected chi connectivity index (χ4v) is 2.67. The molecule has 0 aliphatic carbocycles. The molecule has 0 aliphatic heterocycles. The lowest BCUT2D eigenvalue weighted by molar-refractivity contribution is -0.114. The predicted molar refractivity (Wildman–Crippen MR) is 63.5 cm³/mol. The molecule has 3 nitrogen and oxygen atoms in total. The number of alkyl halides is 1. The molecule has 2 rings (SSSR count). The summed E-state index contributed by atoms with van der Waals surface area (Å²) in [6, 6.07) is 1.88. The quantitative estimate of drug-likeness (QED) is 0.820. The van der Waals surface area contributed by atoms with Crippen LogP contribution in [0.3, 0.4) is 0 Å². The molecule has 1 amide bonds. The molecule has 0 radical (unpaired) electrons. The maximum Gasteiger partial charge on any atom is 0.221 e. The summed E-state index contributed by atoms with van der Waals surface area (Å²) in [5.41, 5.74) is 1.69. The minimum absolute atomic E-state index is 0.0704. The zero-order valence-corrected chi connectivity index (χ0v) is 9.65. The van der Waals surface area contributed by atoms with Gasteiger partial charge in [-0.2, -0.15) is 0 Å². The van der Waals surface area contributed by atoms with Crippen molar-refractivity contribution in [3.8, 4) is 0 Å². The standard InChI is InChI=1S/C10H9ClN2OS/c1-6(14)13-9-5-15-10-7(9)2-3-12-8(10)4-11/h2-3,5H,4H2,1H3,(H,13,14). The number of carbonyl (C=O) groups is 1. The van der Waals surface area contributed by atoms with Crippen molar-refractivity contribution in [2.45, 2.75) is 12.8 Å². The number of hydrogen-bond acceptors (Lipinski definition) is 3. The third-order valence-electron chi connectivity index (χ3n) is 2.00. The molecule has 0 aromatic carbocycles. The molecule has 2 aromatic heterocycles. The van der Waals surface area contributed by atoms with Crippen LogP contribution in [-0.4, -0.2) is 10.9 Å². The molecule has 5 heteroatoms. The van der Waals surface area contributed by atoms with Gasteiger partial charge in [0.25, 0.3) is 0 Å². The Kier molecular flexibility index (Phi) is 2.88. The van der Waals surface area contributed by atoms with Gasteiger partial charge in [-0.3, -0.25) is 9.78 Å². The van der Waals surface area contributed by atoms with E-state index in [2.05, 4.69) is 10.3 Å². The van der Waals surface area contributed by atoms with Crippen LogP contribution in [0.5, 0.6) is 0 Å². The highest BCUT2D eigenvalue weighted by Crippen LogP contribution is 2.32. The van der Waals surface area contributed by atoms with Crippen molar-refractivity contribution in [3.05, 3.63) is 23.3 Å². The Bertz CT molecular complexity index is 509. The monoisotopic (exact) mass is 240 g/mol. The lowest BCUT2D eigenvalue weighted by Crippen LogP contribution is -2.04. The summed E-state index contributed by atoms with van der Waals surface area (Å²) in [7, 11) is 0. The normalized spacial score (nSPS) is 10.5. The highest BCUT2D eigenvalue weighted by Gasteiger charge is 2.08. The molecule has 0 bridgehead atoms. The van der Waals surface area contributed by atoms with Gasteiger partial charge in [0.05, 0.1) is 22.0 Å². The minimum Gasteiger partial charge on any atom is -0.325 e. The molecular formula is C10H9ClN2OS. The van der Waals surface area contributed by atoms with Crippen molar-refractivity contribution in [2.75, 3.05) is 5.32 Å². The van der Waals surface area contributed by atoms with Crippen LogP contribution in [-0.2, 0) is 10.7 Å². The number of carbonyl (C=O) groups excluding carboxylic acids is 1. The van der Waals surface area contributed by atoms with E-state index in [0.29, 0.717) is 5.88 Å². The SMILES string of the molecule is CC(=O)Nc1csc2c(CCl)nccc12. The average molecular weight is 241 g/mol. The zero-order valence-electron chi connectivity index (χ0n) is 8.08. The van der Waals surface area contributed by atoms with E-state index in [0.717, 1.165) is 21.5 Å². The first-order valence-electron chi connectivity index (χ1n) is 4.41. The van der Waals surface area contributed by atoms with Crippen LogP contribution in [0, 0.1) is 0 Å². The van der Waals surface area contributed by atoms with Gasteiger partial charge in [0.2, 0.25) is 5.91 Å². The molecule has 1 N–H and O–H groups in total.